The average molecular weight is 734 g/mol. The Morgan fingerprint density at radius 2 is 0.839 bits per heavy atom. The van der Waals surface area contributed by atoms with Gasteiger partial charge < -0.3 is 4.90 Å². The van der Waals surface area contributed by atoms with E-state index in [1.807, 2.05) is 0 Å². The van der Waals surface area contributed by atoms with E-state index in [-0.39, 0.29) is 5.41 Å². The zero-order valence-electron chi connectivity index (χ0n) is 32.3. The standard InChI is InChI=1S/C54H43NSi/c1-53(2)47-25-12-8-21-41(47)44-31-29-39(34-50(44)53)55(40-30-32-46-45-24-11-15-28-51(45)56(3,4)52(46)35-40)38-20-16-19-37(33-38)54(36-17-6-5-7-18-36)48-26-13-9-22-42(48)43-23-10-14-27-49(43)54/h5-35H,1-4H3. The highest BCUT2D eigenvalue weighted by Gasteiger charge is 2.46. The van der Waals surface area contributed by atoms with Crippen LogP contribution in [0.5, 0.6) is 0 Å². The molecule has 0 saturated heterocycles. The van der Waals surface area contributed by atoms with Crippen LogP contribution in [-0.2, 0) is 10.8 Å². The lowest BCUT2D eigenvalue weighted by Crippen LogP contribution is -2.49. The lowest BCUT2D eigenvalue weighted by Gasteiger charge is -2.35. The summed E-state index contributed by atoms with van der Waals surface area (Å²) in [4.78, 5) is 2.53. The van der Waals surface area contributed by atoms with Crippen molar-refractivity contribution in [2.24, 2.45) is 0 Å². The molecule has 8 aromatic carbocycles. The van der Waals surface area contributed by atoms with Crippen molar-refractivity contribution in [2.45, 2.75) is 37.8 Å². The molecule has 0 amide bonds. The van der Waals surface area contributed by atoms with Crippen LogP contribution in [0.4, 0.5) is 17.1 Å². The van der Waals surface area contributed by atoms with Gasteiger partial charge in [-0.25, -0.2) is 0 Å². The van der Waals surface area contributed by atoms with Crippen LogP contribution in [0.25, 0.3) is 33.4 Å². The van der Waals surface area contributed by atoms with Gasteiger partial charge in [-0.2, -0.15) is 0 Å². The highest BCUT2D eigenvalue weighted by atomic mass is 28.3. The summed E-state index contributed by atoms with van der Waals surface area (Å²) in [6, 6.07) is 71.1. The molecule has 0 aromatic heterocycles. The molecule has 0 spiro atoms. The molecular formula is C54H43NSi. The summed E-state index contributed by atoms with van der Waals surface area (Å²) >= 11 is 0. The second kappa shape index (κ2) is 11.9. The Balaban J connectivity index is 1.16. The molecule has 11 rings (SSSR count). The first-order valence-corrected chi connectivity index (χ1v) is 22.9. The quantitative estimate of drug-likeness (QED) is 0.159. The Morgan fingerprint density at radius 3 is 1.54 bits per heavy atom. The van der Waals surface area contributed by atoms with Crippen LogP contribution >= 0.6 is 0 Å². The number of rotatable bonds is 5. The van der Waals surface area contributed by atoms with Crippen molar-refractivity contribution in [3.8, 4) is 33.4 Å². The smallest absolute Gasteiger partial charge is 0.113 e. The van der Waals surface area contributed by atoms with E-state index in [1.54, 1.807) is 0 Å². The Hall–Kier alpha value is -6.22. The molecule has 2 heteroatoms. The lowest BCUT2D eigenvalue weighted by atomic mass is 9.67. The van der Waals surface area contributed by atoms with Crippen molar-refractivity contribution in [2.75, 3.05) is 4.90 Å². The van der Waals surface area contributed by atoms with E-state index in [0.717, 1.165) is 5.69 Å². The summed E-state index contributed by atoms with van der Waals surface area (Å²) in [5, 5.41) is 3.03. The molecule has 268 valence electrons. The maximum Gasteiger partial charge on any atom is 0.113 e. The maximum atomic E-state index is 2.53. The minimum Gasteiger partial charge on any atom is -0.310 e. The van der Waals surface area contributed by atoms with Crippen LogP contribution in [0.1, 0.15) is 47.2 Å². The van der Waals surface area contributed by atoms with Gasteiger partial charge in [0.2, 0.25) is 0 Å². The number of nitrogens with zero attached hydrogens (tertiary/aromatic N) is 1. The predicted octanol–water partition coefficient (Wildman–Crippen LogP) is 12.6. The molecule has 0 saturated carbocycles. The van der Waals surface area contributed by atoms with E-state index in [9.17, 15) is 0 Å². The van der Waals surface area contributed by atoms with E-state index in [0.29, 0.717) is 0 Å². The number of fused-ring (bicyclic) bond motifs is 9. The highest BCUT2D eigenvalue weighted by molar-refractivity contribution is 7.03. The lowest BCUT2D eigenvalue weighted by molar-refractivity contribution is 0.660. The third-order valence-corrected chi connectivity index (χ3v) is 16.9. The zero-order chi connectivity index (χ0) is 37.8. The topological polar surface area (TPSA) is 3.24 Å². The normalized spacial score (nSPS) is 15.6. The molecule has 2 aliphatic carbocycles. The van der Waals surface area contributed by atoms with E-state index in [4.69, 9.17) is 0 Å². The van der Waals surface area contributed by atoms with Crippen LogP contribution < -0.4 is 15.3 Å². The van der Waals surface area contributed by atoms with Crippen molar-refractivity contribution >= 4 is 35.5 Å². The van der Waals surface area contributed by atoms with Gasteiger partial charge in [0, 0.05) is 22.5 Å². The largest absolute Gasteiger partial charge is 0.310 e. The molecule has 0 N–H and O–H groups in total. The van der Waals surface area contributed by atoms with Crippen molar-refractivity contribution in [3.63, 3.8) is 0 Å². The van der Waals surface area contributed by atoms with Gasteiger partial charge in [-0.3, -0.25) is 0 Å². The molecule has 56 heavy (non-hydrogen) atoms. The monoisotopic (exact) mass is 733 g/mol. The number of benzene rings is 8. The van der Waals surface area contributed by atoms with Crippen LogP contribution in [0.3, 0.4) is 0 Å². The highest BCUT2D eigenvalue weighted by Crippen LogP contribution is 2.57. The number of anilines is 3. The molecule has 1 nitrogen and oxygen atoms in total. The Bertz CT molecular complexity index is 2730. The molecule has 0 atom stereocenters. The van der Waals surface area contributed by atoms with Gasteiger partial charge in [0.1, 0.15) is 8.07 Å². The van der Waals surface area contributed by atoms with Crippen LogP contribution in [0, 0.1) is 0 Å². The number of hydrogen-bond acceptors (Lipinski definition) is 1. The van der Waals surface area contributed by atoms with Gasteiger partial charge >= 0.3 is 0 Å². The van der Waals surface area contributed by atoms with E-state index >= 15 is 0 Å². The van der Waals surface area contributed by atoms with E-state index in [2.05, 4.69) is 220 Å². The summed E-state index contributed by atoms with van der Waals surface area (Å²) in [5.74, 6) is 0. The average Bonchev–Trinajstić information content (AvgIpc) is 3.76. The molecule has 1 aliphatic heterocycles. The van der Waals surface area contributed by atoms with Crippen LogP contribution in [0.15, 0.2) is 188 Å². The van der Waals surface area contributed by atoms with E-state index < -0.39 is 13.5 Å². The van der Waals surface area contributed by atoms with Crippen molar-refractivity contribution < 1.29 is 0 Å². The fraction of sp³-hybridized carbons (Fsp3) is 0.111. The minimum atomic E-state index is -1.94. The molecule has 0 unspecified atom stereocenters. The summed E-state index contributed by atoms with van der Waals surface area (Å²) in [6.07, 6.45) is 0. The molecule has 0 bridgehead atoms. The molecule has 3 aliphatic rings. The first-order chi connectivity index (χ1) is 27.3. The fourth-order valence-corrected chi connectivity index (χ4v) is 13.8. The van der Waals surface area contributed by atoms with Gasteiger partial charge in [-0.05, 0) is 114 Å². The van der Waals surface area contributed by atoms with Crippen LogP contribution in [-0.4, -0.2) is 8.07 Å². The van der Waals surface area contributed by atoms with Gasteiger partial charge in [0.05, 0.1) is 5.41 Å². The Labute approximate surface area is 331 Å². The number of hydrogen-bond donors (Lipinski definition) is 0. The van der Waals surface area contributed by atoms with Crippen molar-refractivity contribution in [1.82, 2.24) is 0 Å². The second-order valence-electron chi connectivity index (χ2n) is 16.9. The van der Waals surface area contributed by atoms with Crippen LogP contribution in [0.2, 0.25) is 13.1 Å². The third-order valence-electron chi connectivity index (χ3n) is 13.3. The van der Waals surface area contributed by atoms with Gasteiger partial charge in [0.15, 0.2) is 0 Å². The molecule has 0 radical (unpaired) electrons. The van der Waals surface area contributed by atoms with Gasteiger partial charge in [-0.15, -0.1) is 0 Å². The maximum absolute atomic E-state index is 2.53. The molecule has 8 aromatic rings. The zero-order valence-corrected chi connectivity index (χ0v) is 33.3. The summed E-state index contributed by atoms with van der Waals surface area (Å²) in [5.41, 5.74) is 19.0. The third kappa shape index (κ3) is 4.42. The van der Waals surface area contributed by atoms with Gasteiger partial charge in [-0.1, -0.05) is 179 Å². The van der Waals surface area contributed by atoms with Crippen molar-refractivity contribution in [3.05, 3.63) is 221 Å². The SMILES string of the molecule is CC1(C)c2ccccc2-c2ccc(N(c3cccc(C4(c5ccccc5)c5ccccc5-c5ccccc54)c3)c3ccc4c(c3)[Si](C)(C)c3ccccc3-4)cc21. The predicted molar refractivity (Wildman–Crippen MR) is 238 cm³/mol. The summed E-state index contributed by atoms with van der Waals surface area (Å²) in [7, 11) is -1.94. The Morgan fingerprint density at radius 1 is 0.357 bits per heavy atom. The summed E-state index contributed by atoms with van der Waals surface area (Å²) < 4.78 is 0. The van der Waals surface area contributed by atoms with Crippen molar-refractivity contribution in [1.29, 1.82) is 0 Å². The fourth-order valence-electron chi connectivity index (χ4n) is 10.7. The summed E-state index contributed by atoms with van der Waals surface area (Å²) in [6.45, 7) is 9.79. The first-order valence-electron chi connectivity index (χ1n) is 19.9. The molecular weight excluding hydrogens is 691 g/mol. The Kier molecular flexibility index (Phi) is 7.04. The first kappa shape index (κ1) is 33.1. The minimum absolute atomic E-state index is 0.113. The second-order valence-corrected chi connectivity index (χ2v) is 21.2. The molecule has 0 fully saturated rings. The molecule has 1 heterocycles. The van der Waals surface area contributed by atoms with E-state index in [1.165, 1.54) is 88.5 Å². The van der Waals surface area contributed by atoms with Gasteiger partial charge in [0.25, 0.3) is 0 Å².